The van der Waals surface area contributed by atoms with E-state index in [0.29, 0.717) is 4.99 Å². The zero-order valence-corrected chi connectivity index (χ0v) is 12.0. The Labute approximate surface area is 114 Å². The Morgan fingerprint density at radius 1 is 1.56 bits per heavy atom. The summed E-state index contributed by atoms with van der Waals surface area (Å²) in [5, 5.41) is 0. The zero-order chi connectivity index (χ0) is 13.3. The molecule has 1 aromatic carbocycles. The first-order valence-electron chi connectivity index (χ1n) is 6.22. The Morgan fingerprint density at radius 2 is 2.22 bits per heavy atom. The molecule has 0 aliphatic heterocycles. The van der Waals surface area contributed by atoms with Crippen molar-refractivity contribution < 1.29 is 4.74 Å². The average molecular weight is 264 g/mol. The predicted molar refractivity (Wildman–Crippen MR) is 79.4 cm³/mol. The molecule has 1 aliphatic carbocycles. The van der Waals surface area contributed by atoms with E-state index in [9.17, 15) is 0 Å². The third kappa shape index (κ3) is 2.75. The molecule has 0 saturated heterocycles. The largest absolute Gasteiger partial charge is 0.497 e. The van der Waals surface area contributed by atoms with Gasteiger partial charge in [0.25, 0.3) is 0 Å². The van der Waals surface area contributed by atoms with Crippen LogP contribution in [0.3, 0.4) is 0 Å². The Balaban J connectivity index is 2.24. The molecule has 1 saturated carbocycles. The molecular formula is C14H20N2OS. The summed E-state index contributed by atoms with van der Waals surface area (Å²) >= 11 is 5.11. The number of methoxy groups -OCH3 is 1. The van der Waals surface area contributed by atoms with Gasteiger partial charge in [0.2, 0.25) is 0 Å². The molecule has 1 fully saturated rings. The van der Waals surface area contributed by atoms with Crippen LogP contribution in [0, 0.1) is 11.8 Å². The van der Waals surface area contributed by atoms with Crippen LogP contribution in [0.4, 0.5) is 5.69 Å². The van der Waals surface area contributed by atoms with Gasteiger partial charge in [-0.15, -0.1) is 0 Å². The van der Waals surface area contributed by atoms with Crippen molar-refractivity contribution in [2.45, 2.75) is 13.3 Å². The van der Waals surface area contributed by atoms with E-state index >= 15 is 0 Å². The van der Waals surface area contributed by atoms with Gasteiger partial charge in [-0.05, 0) is 30.4 Å². The molecule has 1 aromatic rings. The van der Waals surface area contributed by atoms with Gasteiger partial charge in [-0.2, -0.15) is 0 Å². The maximum atomic E-state index is 5.78. The van der Waals surface area contributed by atoms with Crippen LogP contribution in [-0.4, -0.2) is 25.7 Å². The fourth-order valence-corrected chi connectivity index (χ4v) is 2.44. The van der Waals surface area contributed by atoms with Gasteiger partial charge in [-0.3, -0.25) is 0 Å². The van der Waals surface area contributed by atoms with Gasteiger partial charge < -0.3 is 15.4 Å². The molecule has 2 rings (SSSR count). The number of nitrogens with zero attached hydrogens (tertiary/aromatic N) is 1. The van der Waals surface area contributed by atoms with Crippen molar-refractivity contribution in [2.75, 3.05) is 25.6 Å². The van der Waals surface area contributed by atoms with E-state index in [1.165, 1.54) is 6.42 Å². The van der Waals surface area contributed by atoms with E-state index in [4.69, 9.17) is 22.7 Å². The summed E-state index contributed by atoms with van der Waals surface area (Å²) in [6, 6.07) is 5.83. The summed E-state index contributed by atoms with van der Waals surface area (Å²) in [6.07, 6.45) is 1.32. The first-order valence-corrected chi connectivity index (χ1v) is 6.62. The Kier molecular flexibility index (Phi) is 3.76. The topological polar surface area (TPSA) is 38.5 Å². The predicted octanol–water partition coefficient (Wildman–Crippen LogP) is 2.42. The molecule has 18 heavy (non-hydrogen) atoms. The molecule has 98 valence electrons. The van der Waals surface area contributed by atoms with Crippen LogP contribution < -0.4 is 15.4 Å². The summed E-state index contributed by atoms with van der Waals surface area (Å²) < 4.78 is 5.27. The minimum Gasteiger partial charge on any atom is -0.497 e. The van der Waals surface area contributed by atoms with Gasteiger partial charge in [0.05, 0.1) is 12.8 Å². The van der Waals surface area contributed by atoms with Gasteiger partial charge in [0.15, 0.2) is 0 Å². The lowest BCUT2D eigenvalue weighted by Gasteiger charge is -2.23. The van der Waals surface area contributed by atoms with E-state index in [2.05, 4.69) is 18.9 Å². The fourth-order valence-electron chi connectivity index (χ4n) is 2.27. The van der Waals surface area contributed by atoms with E-state index in [-0.39, 0.29) is 0 Å². The van der Waals surface area contributed by atoms with Crippen LogP contribution in [-0.2, 0) is 0 Å². The first-order chi connectivity index (χ1) is 8.52. The van der Waals surface area contributed by atoms with Crippen molar-refractivity contribution in [1.29, 1.82) is 0 Å². The number of hydrogen-bond acceptors (Lipinski definition) is 3. The maximum Gasteiger partial charge on any atom is 0.120 e. The number of rotatable bonds is 5. The summed E-state index contributed by atoms with van der Waals surface area (Å²) in [5.74, 6) is 2.47. The van der Waals surface area contributed by atoms with Gasteiger partial charge in [0.1, 0.15) is 10.7 Å². The lowest BCUT2D eigenvalue weighted by atomic mass is 10.1. The van der Waals surface area contributed by atoms with Crippen LogP contribution in [0.25, 0.3) is 0 Å². The third-order valence-corrected chi connectivity index (χ3v) is 3.89. The van der Waals surface area contributed by atoms with Crippen LogP contribution in [0.15, 0.2) is 18.2 Å². The molecule has 0 aromatic heterocycles. The molecular weight excluding hydrogens is 244 g/mol. The summed E-state index contributed by atoms with van der Waals surface area (Å²) in [4.78, 5) is 2.66. The molecule has 0 bridgehead atoms. The molecule has 1 aliphatic rings. The molecule has 2 N–H and O–H groups in total. The zero-order valence-electron chi connectivity index (χ0n) is 11.1. The van der Waals surface area contributed by atoms with Crippen molar-refractivity contribution in [2.24, 2.45) is 17.6 Å². The van der Waals surface area contributed by atoms with Gasteiger partial charge in [-0.1, -0.05) is 19.1 Å². The molecule has 0 heterocycles. The summed E-state index contributed by atoms with van der Waals surface area (Å²) in [5.41, 5.74) is 7.76. The van der Waals surface area contributed by atoms with E-state index in [1.807, 2.05) is 18.2 Å². The number of benzene rings is 1. The Bertz CT molecular complexity index is 461. The number of anilines is 1. The van der Waals surface area contributed by atoms with Gasteiger partial charge >= 0.3 is 0 Å². The Morgan fingerprint density at radius 3 is 2.72 bits per heavy atom. The summed E-state index contributed by atoms with van der Waals surface area (Å²) in [7, 11) is 3.75. The highest BCUT2D eigenvalue weighted by Gasteiger charge is 2.33. The Hall–Kier alpha value is -1.29. The average Bonchev–Trinajstić information content (AvgIpc) is 3.03. The minimum absolute atomic E-state index is 0.434. The van der Waals surface area contributed by atoms with Crippen LogP contribution in [0.1, 0.15) is 18.9 Å². The smallest absolute Gasteiger partial charge is 0.120 e. The monoisotopic (exact) mass is 264 g/mol. The highest BCUT2D eigenvalue weighted by Crippen LogP contribution is 2.39. The van der Waals surface area contributed by atoms with Crippen molar-refractivity contribution in [1.82, 2.24) is 0 Å². The molecule has 2 unspecified atom stereocenters. The van der Waals surface area contributed by atoms with Crippen molar-refractivity contribution in [3.8, 4) is 5.75 Å². The van der Waals surface area contributed by atoms with Gasteiger partial charge in [0, 0.05) is 25.2 Å². The molecule has 0 amide bonds. The highest BCUT2D eigenvalue weighted by molar-refractivity contribution is 7.80. The van der Waals surface area contributed by atoms with Gasteiger partial charge in [-0.25, -0.2) is 0 Å². The molecule has 0 spiro atoms. The highest BCUT2D eigenvalue weighted by atomic mass is 32.1. The van der Waals surface area contributed by atoms with E-state index in [1.54, 1.807) is 7.11 Å². The molecule has 4 heteroatoms. The number of ether oxygens (including phenoxy) is 1. The maximum absolute atomic E-state index is 5.78. The van der Waals surface area contributed by atoms with Crippen molar-refractivity contribution >= 4 is 22.9 Å². The second kappa shape index (κ2) is 5.14. The molecule has 2 atom stereocenters. The van der Waals surface area contributed by atoms with Crippen LogP contribution >= 0.6 is 12.2 Å². The first kappa shape index (κ1) is 13.1. The van der Waals surface area contributed by atoms with Crippen molar-refractivity contribution in [3.63, 3.8) is 0 Å². The van der Waals surface area contributed by atoms with Crippen molar-refractivity contribution in [3.05, 3.63) is 23.8 Å². The normalized spacial score (nSPS) is 21.5. The number of nitrogens with two attached hydrogens (primary N) is 1. The summed E-state index contributed by atoms with van der Waals surface area (Å²) in [6.45, 7) is 3.34. The third-order valence-electron chi connectivity index (χ3n) is 3.67. The molecule has 3 nitrogen and oxygen atoms in total. The van der Waals surface area contributed by atoms with E-state index in [0.717, 1.165) is 35.4 Å². The SMILES string of the molecule is COc1ccc(C(N)=S)c(N(C)CC2CC2C)c1. The van der Waals surface area contributed by atoms with Crippen LogP contribution in [0.5, 0.6) is 5.75 Å². The standard InChI is InChI=1S/C14H20N2OS/c1-9-6-10(9)8-16(2)13-7-11(17-3)4-5-12(13)14(15)18/h4-5,7,9-10H,6,8H2,1-3H3,(H2,15,18). The number of thiocarbonyl (C=S) groups is 1. The second-order valence-electron chi connectivity index (χ2n) is 5.10. The quantitative estimate of drug-likeness (QED) is 0.829. The van der Waals surface area contributed by atoms with E-state index < -0.39 is 0 Å². The fraction of sp³-hybridized carbons (Fsp3) is 0.500. The lowest BCUT2D eigenvalue weighted by molar-refractivity contribution is 0.415. The lowest BCUT2D eigenvalue weighted by Crippen LogP contribution is -2.24. The molecule has 0 radical (unpaired) electrons. The minimum atomic E-state index is 0.434. The second-order valence-corrected chi connectivity index (χ2v) is 5.54. The number of hydrogen-bond donors (Lipinski definition) is 1. The van der Waals surface area contributed by atoms with Crippen LogP contribution in [0.2, 0.25) is 0 Å².